The molecule has 1 unspecified atom stereocenters. The second-order valence-electron chi connectivity index (χ2n) is 6.05. The lowest BCUT2D eigenvalue weighted by atomic mass is 10.2. The third-order valence-electron chi connectivity index (χ3n) is 3.47. The molecule has 0 saturated carbocycles. The number of nitrogens with zero attached hydrogens (tertiary/aromatic N) is 1. The molecule has 24 heavy (non-hydrogen) atoms. The molecule has 3 amide bonds. The molecule has 1 aromatic carbocycles. The number of likely N-dealkylation sites (N-methyl/N-ethyl adjacent to an activating group) is 1. The molecule has 2 N–H and O–H groups in total. The topological polar surface area (TPSA) is 70.7 Å². The molecule has 0 heterocycles. The molecule has 0 fully saturated rings. The fraction of sp³-hybridized carbons (Fsp3) is 0.529. The van der Waals surface area contributed by atoms with Crippen LogP contribution in [0.4, 0.5) is 4.79 Å². The zero-order valence-corrected chi connectivity index (χ0v) is 15.4. The van der Waals surface area contributed by atoms with Crippen LogP contribution >= 0.6 is 11.6 Å². The van der Waals surface area contributed by atoms with Crippen molar-refractivity contribution in [2.45, 2.75) is 26.8 Å². The number of hydrogen-bond acceptors (Lipinski definition) is 4. The third kappa shape index (κ3) is 7.66. The molecular weight excluding hydrogens is 330 g/mol. The number of halogens is 1. The summed E-state index contributed by atoms with van der Waals surface area (Å²) in [5.74, 6) is 0.708. The number of carbonyl (C=O) groups excluding carboxylic acids is 2. The van der Waals surface area contributed by atoms with Gasteiger partial charge in [0.15, 0.2) is 0 Å². The van der Waals surface area contributed by atoms with E-state index in [2.05, 4.69) is 10.6 Å². The number of rotatable bonds is 8. The molecule has 0 aliphatic heterocycles. The zero-order valence-electron chi connectivity index (χ0n) is 14.6. The number of urea groups is 1. The molecule has 0 aliphatic rings. The van der Waals surface area contributed by atoms with E-state index in [4.69, 9.17) is 16.3 Å². The van der Waals surface area contributed by atoms with Crippen molar-refractivity contribution >= 4 is 23.5 Å². The van der Waals surface area contributed by atoms with Gasteiger partial charge in [0, 0.05) is 18.1 Å². The highest BCUT2D eigenvalue weighted by Gasteiger charge is 2.19. The molecule has 1 atom stereocenters. The lowest BCUT2D eigenvalue weighted by Crippen LogP contribution is -2.49. The third-order valence-corrected chi connectivity index (χ3v) is 3.73. The monoisotopic (exact) mass is 355 g/mol. The molecular formula is C17H26ClN3O3. The van der Waals surface area contributed by atoms with Crippen LogP contribution in [0.3, 0.4) is 0 Å². The van der Waals surface area contributed by atoms with Crippen LogP contribution in [-0.2, 0) is 4.79 Å². The van der Waals surface area contributed by atoms with Gasteiger partial charge in [-0.05, 0) is 44.2 Å². The summed E-state index contributed by atoms with van der Waals surface area (Å²) in [7, 11) is 1.81. The Morgan fingerprint density at radius 3 is 2.42 bits per heavy atom. The highest BCUT2D eigenvalue weighted by Crippen LogP contribution is 2.15. The molecule has 0 bridgehead atoms. The lowest BCUT2D eigenvalue weighted by Gasteiger charge is -2.23. The Bertz CT molecular complexity index is 534. The molecule has 0 aliphatic carbocycles. The van der Waals surface area contributed by atoms with E-state index < -0.39 is 12.1 Å². The van der Waals surface area contributed by atoms with Gasteiger partial charge in [-0.2, -0.15) is 0 Å². The number of benzene rings is 1. The van der Waals surface area contributed by atoms with Gasteiger partial charge in [0.2, 0.25) is 5.91 Å². The van der Waals surface area contributed by atoms with E-state index in [1.165, 1.54) is 0 Å². The lowest BCUT2D eigenvalue weighted by molar-refractivity contribution is -0.124. The van der Waals surface area contributed by atoms with Gasteiger partial charge < -0.3 is 10.1 Å². The normalized spacial score (nSPS) is 12.1. The number of ether oxygens (including phenoxy) is 1. The smallest absolute Gasteiger partial charge is 0.321 e. The Labute approximate surface area is 148 Å². The van der Waals surface area contributed by atoms with Crippen molar-refractivity contribution in [3.63, 3.8) is 0 Å². The van der Waals surface area contributed by atoms with Crippen molar-refractivity contribution < 1.29 is 14.3 Å². The first-order chi connectivity index (χ1) is 11.3. The van der Waals surface area contributed by atoms with Crippen LogP contribution in [0.2, 0.25) is 5.02 Å². The first kappa shape index (κ1) is 20.3. The Hall–Kier alpha value is -1.79. The van der Waals surface area contributed by atoms with E-state index in [9.17, 15) is 9.59 Å². The molecule has 0 spiro atoms. The fourth-order valence-electron chi connectivity index (χ4n) is 1.79. The number of nitrogens with one attached hydrogen (secondary N) is 2. The quantitative estimate of drug-likeness (QED) is 0.751. The van der Waals surface area contributed by atoms with E-state index in [-0.39, 0.29) is 5.91 Å². The van der Waals surface area contributed by atoms with Crippen LogP contribution in [-0.4, -0.2) is 49.6 Å². The molecule has 0 aromatic heterocycles. The highest BCUT2D eigenvalue weighted by molar-refractivity contribution is 6.30. The summed E-state index contributed by atoms with van der Waals surface area (Å²) in [5, 5.41) is 5.65. The van der Waals surface area contributed by atoms with E-state index in [0.29, 0.717) is 30.6 Å². The first-order valence-electron chi connectivity index (χ1n) is 7.97. The van der Waals surface area contributed by atoms with Gasteiger partial charge in [-0.3, -0.25) is 15.0 Å². The predicted molar refractivity (Wildman–Crippen MR) is 95.4 cm³/mol. The van der Waals surface area contributed by atoms with Gasteiger partial charge in [0.25, 0.3) is 0 Å². The van der Waals surface area contributed by atoms with Crippen molar-refractivity contribution in [1.82, 2.24) is 15.5 Å². The van der Waals surface area contributed by atoms with Crippen LogP contribution in [0, 0.1) is 5.92 Å². The van der Waals surface area contributed by atoms with Gasteiger partial charge in [-0.25, -0.2) is 4.79 Å². The van der Waals surface area contributed by atoms with Crippen LogP contribution in [0.5, 0.6) is 5.75 Å². The van der Waals surface area contributed by atoms with Gasteiger partial charge in [-0.15, -0.1) is 0 Å². The van der Waals surface area contributed by atoms with Crippen LogP contribution in [0.1, 0.15) is 20.8 Å². The maximum Gasteiger partial charge on any atom is 0.321 e. The summed E-state index contributed by atoms with van der Waals surface area (Å²) in [6.07, 6.45) is 0. The van der Waals surface area contributed by atoms with E-state index in [1.807, 2.05) is 25.8 Å². The van der Waals surface area contributed by atoms with Crippen LogP contribution in [0.15, 0.2) is 24.3 Å². The van der Waals surface area contributed by atoms with Gasteiger partial charge >= 0.3 is 6.03 Å². The molecule has 0 radical (unpaired) electrons. The van der Waals surface area contributed by atoms with E-state index in [0.717, 1.165) is 5.75 Å². The largest absolute Gasteiger partial charge is 0.492 e. The Balaban J connectivity index is 2.32. The summed E-state index contributed by atoms with van der Waals surface area (Å²) in [6, 6.07) is 6.18. The van der Waals surface area contributed by atoms with E-state index in [1.54, 1.807) is 31.2 Å². The summed E-state index contributed by atoms with van der Waals surface area (Å²) < 4.78 is 5.60. The molecule has 1 rings (SSSR count). The van der Waals surface area contributed by atoms with E-state index >= 15 is 0 Å². The standard InChI is InChI=1S/C17H26ClN3O3/c1-12(2)11-19-17(23)20-16(22)13(3)21(4)9-10-24-15-7-5-14(18)6-8-15/h5-8,12-13H,9-11H2,1-4H3,(H2,19,20,22,23). The van der Waals surface area contributed by atoms with Crippen molar-refractivity contribution in [2.24, 2.45) is 5.92 Å². The van der Waals surface area contributed by atoms with Crippen molar-refractivity contribution in [3.8, 4) is 5.75 Å². The average Bonchev–Trinajstić information content (AvgIpc) is 2.53. The van der Waals surface area contributed by atoms with Gasteiger partial charge in [0.1, 0.15) is 12.4 Å². The summed E-state index contributed by atoms with van der Waals surface area (Å²) in [6.45, 7) is 7.21. The minimum absolute atomic E-state index is 0.330. The number of carbonyl (C=O) groups is 2. The Morgan fingerprint density at radius 2 is 1.83 bits per heavy atom. The Kier molecular flexibility index (Phi) is 8.57. The van der Waals surface area contributed by atoms with Gasteiger partial charge in [-0.1, -0.05) is 25.4 Å². The molecule has 7 heteroatoms. The maximum absolute atomic E-state index is 12.0. The molecule has 6 nitrogen and oxygen atoms in total. The van der Waals surface area contributed by atoms with Gasteiger partial charge in [0.05, 0.1) is 6.04 Å². The molecule has 1 aromatic rings. The SMILES string of the molecule is CC(C)CNC(=O)NC(=O)C(C)N(C)CCOc1ccc(Cl)cc1. The second kappa shape index (κ2) is 10.2. The maximum atomic E-state index is 12.0. The number of hydrogen-bond donors (Lipinski definition) is 2. The Morgan fingerprint density at radius 1 is 1.21 bits per heavy atom. The van der Waals surface area contributed by atoms with Crippen LogP contribution in [0.25, 0.3) is 0 Å². The van der Waals surface area contributed by atoms with Crippen LogP contribution < -0.4 is 15.4 Å². The fourth-order valence-corrected chi connectivity index (χ4v) is 1.92. The molecule has 134 valence electrons. The summed E-state index contributed by atoms with van der Waals surface area (Å²) >= 11 is 5.81. The zero-order chi connectivity index (χ0) is 18.1. The molecule has 0 saturated heterocycles. The predicted octanol–water partition coefficient (Wildman–Crippen LogP) is 2.52. The van der Waals surface area contributed by atoms with Crippen molar-refractivity contribution in [2.75, 3.05) is 26.7 Å². The van der Waals surface area contributed by atoms with Crippen molar-refractivity contribution in [1.29, 1.82) is 0 Å². The number of amides is 3. The summed E-state index contributed by atoms with van der Waals surface area (Å²) in [5.41, 5.74) is 0. The summed E-state index contributed by atoms with van der Waals surface area (Å²) in [4.78, 5) is 25.5. The van der Waals surface area contributed by atoms with Crippen molar-refractivity contribution in [3.05, 3.63) is 29.3 Å². The average molecular weight is 356 g/mol. The minimum atomic E-state index is -0.466. The first-order valence-corrected chi connectivity index (χ1v) is 8.34. The number of imide groups is 1. The highest BCUT2D eigenvalue weighted by atomic mass is 35.5. The minimum Gasteiger partial charge on any atom is -0.492 e. The second-order valence-corrected chi connectivity index (χ2v) is 6.49.